The van der Waals surface area contributed by atoms with Crippen molar-refractivity contribution < 1.29 is 13.5 Å². The molecule has 0 bridgehead atoms. The van der Waals surface area contributed by atoms with Gasteiger partial charge in [0.25, 0.3) is 0 Å². The zero-order valence-corrected chi connectivity index (χ0v) is 15.5. The molecule has 1 aliphatic rings. The van der Waals surface area contributed by atoms with Crippen LogP contribution in [-0.2, 0) is 29.4 Å². The van der Waals surface area contributed by atoms with Crippen molar-refractivity contribution in [3.05, 3.63) is 34.9 Å². The number of sulfonamides is 1. The van der Waals surface area contributed by atoms with Crippen LogP contribution in [-0.4, -0.2) is 36.2 Å². The zero-order valence-electron chi connectivity index (χ0n) is 14.7. The minimum atomic E-state index is -3.25. The second kappa shape index (κ2) is 6.91. The van der Waals surface area contributed by atoms with E-state index in [1.165, 1.54) is 11.1 Å². The molecule has 1 atom stereocenters. The Bertz CT molecular complexity index is 647. The summed E-state index contributed by atoms with van der Waals surface area (Å²) in [6.07, 6.45) is 2.18. The molecule has 1 aromatic rings. The third-order valence-corrected chi connectivity index (χ3v) is 6.25. The van der Waals surface area contributed by atoms with Crippen molar-refractivity contribution in [2.45, 2.75) is 59.5 Å². The lowest BCUT2D eigenvalue weighted by Gasteiger charge is -2.36. The third kappa shape index (κ3) is 4.55. The topological polar surface area (TPSA) is 57.6 Å². The lowest BCUT2D eigenvalue weighted by molar-refractivity contribution is 0.212. The van der Waals surface area contributed by atoms with Gasteiger partial charge in [-0.25, -0.2) is 8.42 Å². The summed E-state index contributed by atoms with van der Waals surface area (Å²) in [5, 5.41) is 9.31. The molecule has 0 saturated carbocycles. The maximum atomic E-state index is 12.3. The summed E-state index contributed by atoms with van der Waals surface area (Å²) in [6, 6.07) is 6.28. The first kappa shape index (κ1) is 18.4. The first-order valence-corrected chi connectivity index (χ1v) is 9.98. The minimum Gasteiger partial charge on any atom is -0.396 e. The van der Waals surface area contributed by atoms with Crippen LogP contribution in [0.2, 0.25) is 0 Å². The van der Waals surface area contributed by atoms with Crippen molar-refractivity contribution in [2.75, 3.05) is 12.4 Å². The van der Waals surface area contributed by atoms with Gasteiger partial charge in [0.15, 0.2) is 0 Å². The average Bonchev–Trinajstić information content (AvgIpc) is 2.45. The van der Waals surface area contributed by atoms with Crippen molar-refractivity contribution in [2.24, 2.45) is 5.41 Å². The highest BCUT2D eigenvalue weighted by molar-refractivity contribution is 7.89. The quantitative estimate of drug-likeness (QED) is 0.897. The number of aliphatic hydroxyl groups excluding tert-OH is 1. The molecule has 1 aliphatic heterocycles. The van der Waals surface area contributed by atoms with E-state index in [-0.39, 0.29) is 23.8 Å². The van der Waals surface area contributed by atoms with Crippen molar-refractivity contribution in [3.8, 4) is 0 Å². The molecule has 0 saturated heterocycles. The van der Waals surface area contributed by atoms with Crippen molar-refractivity contribution in [1.29, 1.82) is 0 Å². The minimum absolute atomic E-state index is 0.0113. The molecule has 130 valence electrons. The van der Waals surface area contributed by atoms with Crippen LogP contribution in [0.1, 0.15) is 50.8 Å². The Hall–Kier alpha value is -0.910. The van der Waals surface area contributed by atoms with E-state index in [1.807, 2.05) is 0 Å². The lowest BCUT2D eigenvalue weighted by atomic mass is 9.85. The highest BCUT2D eigenvalue weighted by Gasteiger charge is 2.33. The molecule has 0 fully saturated rings. The first-order valence-electron chi connectivity index (χ1n) is 8.37. The van der Waals surface area contributed by atoms with Crippen LogP contribution in [0.25, 0.3) is 0 Å². The molecule has 1 aromatic carbocycles. The van der Waals surface area contributed by atoms with E-state index in [0.29, 0.717) is 19.4 Å². The summed E-state index contributed by atoms with van der Waals surface area (Å²) in [5.74, 6) is 0.104. The second-order valence-corrected chi connectivity index (χ2v) is 9.87. The summed E-state index contributed by atoms with van der Waals surface area (Å²) < 4.78 is 26.3. The van der Waals surface area contributed by atoms with Gasteiger partial charge in [-0.15, -0.1) is 0 Å². The standard InChI is InChI=1S/C18H29NO3S/c1-5-23(21,22)19-13-15-7-6-14(12-18(2,3)4)10-16(15)11-17(19)8-9-20/h6-7,10,17,20H,5,8-9,11-13H2,1-4H3. The van der Waals surface area contributed by atoms with Gasteiger partial charge < -0.3 is 5.11 Å². The summed E-state index contributed by atoms with van der Waals surface area (Å²) >= 11 is 0. The second-order valence-electron chi connectivity index (χ2n) is 7.66. The van der Waals surface area contributed by atoms with Crippen LogP contribution in [0.5, 0.6) is 0 Å². The van der Waals surface area contributed by atoms with Gasteiger partial charge in [-0.1, -0.05) is 39.0 Å². The van der Waals surface area contributed by atoms with Crippen LogP contribution >= 0.6 is 0 Å². The number of benzene rings is 1. The molecule has 23 heavy (non-hydrogen) atoms. The number of hydrogen-bond acceptors (Lipinski definition) is 3. The van der Waals surface area contributed by atoms with Crippen molar-refractivity contribution in [3.63, 3.8) is 0 Å². The molecule has 0 radical (unpaired) electrons. The number of hydrogen-bond donors (Lipinski definition) is 1. The molecule has 0 aliphatic carbocycles. The van der Waals surface area contributed by atoms with Gasteiger partial charge in [-0.3, -0.25) is 0 Å². The van der Waals surface area contributed by atoms with Crippen LogP contribution in [0, 0.1) is 5.41 Å². The summed E-state index contributed by atoms with van der Waals surface area (Å²) in [4.78, 5) is 0. The fraction of sp³-hybridized carbons (Fsp3) is 0.667. The smallest absolute Gasteiger partial charge is 0.214 e. The maximum Gasteiger partial charge on any atom is 0.214 e. The van der Waals surface area contributed by atoms with Crippen LogP contribution in [0.4, 0.5) is 0 Å². The molecule has 0 aromatic heterocycles. The Labute approximate surface area is 140 Å². The van der Waals surface area contributed by atoms with Crippen molar-refractivity contribution in [1.82, 2.24) is 4.31 Å². The van der Waals surface area contributed by atoms with E-state index < -0.39 is 10.0 Å². The number of rotatable bonds is 5. The zero-order chi connectivity index (χ0) is 17.3. The Kier molecular flexibility index (Phi) is 5.54. The Morgan fingerprint density at radius 2 is 1.96 bits per heavy atom. The lowest BCUT2D eigenvalue weighted by Crippen LogP contribution is -2.45. The number of aliphatic hydroxyl groups is 1. The van der Waals surface area contributed by atoms with Crippen LogP contribution in [0.15, 0.2) is 18.2 Å². The summed E-state index contributed by atoms with van der Waals surface area (Å²) in [6.45, 7) is 8.76. The predicted molar refractivity (Wildman–Crippen MR) is 93.8 cm³/mol. The highest BCUT2D eigenvalue weighted by Crippen LogP contribution is 2.30. The monoisotopic (exact) mass is 339 g/mol. The van der Waals surface area contributed by atoms with Crippen LogP contribution < -0.4 is 0 Å². The summed E-state index contributed by atoms with van der Waals surface area (Å²) in [7, 11) is -3.25. The highest BCUT2D eigenvalue weighted by atomic mass is 32.2. The van der Waals surface area contributed by atoms with Crippen LogP contribution in [0.3, 0.4) is 0 Å². The van der Waals surface area contributed by atoms with Gasteiger partial charge in [-0.05, 0) is 48.3 Å². The van der Waals surface area contributed by atoms with E-state index >= 15 is 0 Å². The molecule has 0 spiro atoms. The third-order valence-electron chi connectivity index (χ3n) is 4.38. The summed E-state index contributed by atoms with van der Waals surface area (Å²) in [5.41, 5.74) is 3.85. The van der Waals surface area contributed by atoms with Gasteiger partial charge >= 0.3 is 0 Å². The molecular weight excluding hydrogens is 310 g/mol. The van der Waals surface area contributed by atoms with Crippen molar-refractivity contribution >= 4 is 10.0 Å². The molecule has 1 heterocycles. The molecule has 1 N–H and O–H groups in total. The number of nitrogens with zero attached hydrogens (tertiary/aromatic N) is 1. The Morgan fingerprint density at radius 3 is 2.52 bits per heavy atom. The van der Waals surface area contributed by atoms with Gasteiger partial charge in [0.05, 0.1) is 5.75 Å². The maximum absolute atomic E-state index is 12.3. The van der Waals surface area contributed by atoms with Gasteiger partial charge in [0.2, 0.25) is 10.0 Å². The normalized spacial score (nSPS) is 19.6. The molecule has 2 rings (SSSR count). The van der Waals surface area contributed by atoms with E-state index in [9.17, 15) is 13.5 Å². The SMILES string of the molecule is CCS(=O)(=O)N1Cc2ccc(CC(C)(C)C)cc2CC1CCO. The fourth-order valence-electron chi connectivity index (χ4n) is 3.28. The van der Waals surface area contributed by atoms with E-state index in [0.717, 1.165) is 12.0 Å². The Balaban J connectivity index is 2.32. The molecular formula is C18H29NO3S. The van der Waals surface area contributed by atoms with Gasteiger partial charge in [0.1, 0.15) is 0 Å². The largest absolute Gasteiger partial charge is 0.396 e. The molecule has 4 nitrogen and oxygen atoms in total. The predicted octanol–water partition coefficient (Wildman–Crippen LogP) is 2.73. The first-order chi connectivity index (χ1) is 10.7. The fourth-order valence-corrected chi connectivity index (χ4v) is 4.59. The molecule has 5 heteroatoms. The van der Waals surface area contributed by atoms with Gasteiger partial charge in [-0.2, -0.15) is 4.31 Å². The Morgan fingerprint density at radius 1 is 1.26 bits per heavy atom. The average molecular weight is 340 g/mol. The van der Waals surface area contributed by atoms with E-state index in [1.54, 1.807) is 11.2 Å². The number of fused-ring (bicyclic) bond motifs is 1. The molecule has 0 amide bonds. The van der Waals surface area contributed by atoms with Gasteiger partial charge in [0, 0.05) is 19.2 Å². The molecule has 1 unspecified atom stereocenters. The van der Waals surface area contributed by atoms with E-state index in [4.69, 9.17) is 0 Å². The van der Waals surface area contributed by atoms with E-state index in [2.05, 4.69) is 39.0 Å².